The summed E-state index contributed by atoms with van der Waals surface area (Å²) in [5.74, 6) is 0.823. The van der Waals surface area contributed by atoms with Crippen molar-refractivity contribution in [1.82, 2.24) is 19.9 Å². The molecule has 0 saturated carbocycles. The molecule has 23 heavy (non-hydrogen) atoms. The van der Waals surface area contributed by atoms with Gasteiger partial charge in [0.2, 0.25) is 10.0 Å². The first kappa shape index (κ1) is 22.5. The number of nitrogens with zero attached hydrogens (tertiary/aromatic N) is 3. The number of hydrogen-bond donors (Lipinski definition) is 2. The number of guanidine groups is 1. The molecule has 0 aliphatic carbocycles. The highest BCUT2D eigenvalue weighted by Crippen LogP contribution is 2.09. The van der Waals surface area contributed by atoms with Gasteiger partial charge in [-0.1, -0.05) is 0 Å². The number of rotatable bonds is 8. The standard InChI is InChI=1S/C13H25N5O2S2.HI/c1-5-14-13(15-7-8-16-22(19,20)6-2)18(4)9-12-10-21-11(3)17-12;/h10,16H,5-9H2,1-4H3,(H,14,15);1H. The summed E-state index contributed by atoms with van der Waals surface area (Å²) in [5.41, 5.74) is 1.00. The van der Waals surface area contributed by atoms with Crippen LogP contribution in [0.15, 0.2) is 10.4 Å². The molecule has 0 radical (unpaired) electrons. The largest absolute Gasteiger partial charge is 0.357 e. The lowest BCUT2D eigenvalue weighted by molar-refractivity contribution is 0.471. The highest BCUT2D eigenvalue weighted by Gasteiger charge is 2.09. The molecule has 0 aromatic carbocycles. The van der Waals surface area contributed by atoms with Crippen LogP contribution >= 0.6 is 35.3 Å². The summed E-state index contributed by atoms with van der Waals surface area (Å²) in [4.78, 5) is 10.8. The third kappa shape index (κ3) is 8.82. The second kappa shape index (κ2) is 11.2. The topological polar surface area (TPSA) is 86.7 Å². The summed E-state index contributed by atoms with van der Waals surface area (Å²) >= 11 is 1.62. The predicted octanol–water partition coefficient (Wildman–Crippen LogP) is 1.41. The van der Waals surface area contributed by atoms with E-state index in [4.69, 9.17) is 0 Å². The van der Waals surface area contributed by atoms with E-state index in [9.17, 15) is 8.42 Å². The lowest BCUT2D eigenvalue weighted by Gasteiger charge is -2.21. The Morgan fingerprint density at radius 3 is 2.65 bits per heavy atom. The number of halogens is 1. The minimum Gasteiger partial charge on any atom is -0.357 e. The highest BCUT2D eigenvalue weighted by atomic mass is 127. The van der Waals surface area contributed by atoms with Gasteiger partial charge in [-0.3, -0.25) is 4.99 Å². The summed E-state index contributed by atoms with van der Waals surface area (Å²) in [6.45, 7) is 7.69. The molecule has 0 saturated heterocycles. The van der Waals surface area contributed by atoms with E-state index in [2.05, 4.69) is 20.0 Å². The van der Waals surface area contributed by atoms with Crippen molar-refractivity contribution in [1.29, 1.82) is 0 Å². The molecule has 0 aliphatic heterocycles. The van der Waals surface area contributed by atoms with Crippen LogP contribution in [-0.4, -0.2) is 56.7 Å². The summed E-state index contributed by atoms with van der Waals surface area (Å²) < 4.78 is 25.2. The lowest BCUT2D eigenvalue weighted by atomic mass is 10.4. The van der Waals surface area contributed by atoms with Crippen molar-refractivity contribution in [2.24, 2.45) is 4.99 Å². The van der Waals surface area contributed by atoms with Crippen LogP contribution in [0.5, 0.6) is 0 Å². The number of sulfonamides is 1. The number of hydrogen-bond acceptors (Lipinski definition) is 5. The molecule has 10 heteroatoms. The van der Waals surface area contributed by atoms with Gasteiger partial charge in [-0.05, 0) is 20.8 Å². The van der Waals surface area contributed by atoms with E-state index in [-0.39, 0.29) is 29.7 Å². The van der Waals surface area contributed by atoms with Gasteiger partial charge in [0.05, 0.1) is 29.5 Å². The molecule has 0 atom stereocenters. The Morgan fingerprint density at radius 1 is 1.43 bits per heavy atom. The van der Waals surface area contributed by atoms with Crippen LogP contribution in [0.3, 0.4) is 0 Å². The average Bonchev–Trinajstić information content (AvgIpc) is 2.87. The molecular formula is C13H26IN5O2S2. The van der Waals surface area contributed by atoms with E-state index in [0.717, 1.165) is 23.2 Å². The maximum atomic E-state index is 11.4. The van der Waals surface area contributed by atoms with E-state index in [0.29, 0.717) is 19.6 Å². The Morgan fingerprint density at radius 2 is 2.13 bits per heavy atom. The Hall–Kier alpha value is -0.460. The summed E-state index contributed by atoms with van der Waals surface area (Å²) in [6, 6.07) is 0. The van der Waals surface area contributed by atoms with E-state index in [1.165, 1.54) is 0 Å². The Labute approximate surface area is 160 Å². The van der Waals surface area contributed by atoms with Crippen molar-refractivity contribution in [3.05, 3.63) is 16.1 Å². The van der Waals surface area contributed by atoms with E-state index >= 15 is 0 Å². The van der Waals surface area contributed by atoms with Crippen molar-refractivity contribution in [2.45, 2.75) is 27.3 Å². The van der Waals surface area contributed by atoms with Gasteiger partial charge < -0.3 is 10.2 Å². The van der Waals surface area contributed by atoms with Crippen LogP contribution < -0.4 is 10.0 Å². The lowest BCUT2D eigenvalue weighted by Crippen LogP contribution is -2.39. The molecule has 0 bridgehead atoms. The minimum atomic E-state index is -3.16. The summed E-state index contributed by atoms with van der Waals surface area (Å²) in [5, 5.41) is 6.27. The minimum absolute atomic E-state index is 0. The van der Waals surface area contributed by atoms with Gasteiger partial charge in [0.1, 0.15) is 0 Å². The SMILES string of the molecule is CCNC(=NCCNS(=O)(=O)CC)N(C)Cc1csc(C)n1.I. The van der Waals surface area contributed by atoms with Crippen LogP contribution in [0.1, 0.15) is 24.5 Å². The Bertz CT molecular complexity index is 589. The van der Waals surface area contributed by atoms with Crippen molar-refractivity contribution < 1.29 is 8.42 Å². The predicted molar refractivity (Wildman–Crippen MR) is 107 cm³/mol. The first-order valence-corrected chi connectivity index (χ1v) is 9.79. The Kier molecular flexibility index (Phi) is 10.9. The fourth-order valence-electron chi connectivity index (χ4n) is 1.73. The molecule has 0 aliphatic rings. The second-order valence-corrected chi connectivity index (χ2v) is 7.91. The smallest absolute Gasteiger partial charge is 0.211 e. The van der Waals surface area contributed by atoms with Crippen LogP contribution in [0.2, 0.25) is 0 Å². The third-order valence-electron chi connectivity index (χ3n) is 2.84. The van der Waals surface area contributed by atoms with Crippen LogP contribution in [0.25, 0.3) is 0 Å². The van der Waals surface area contributed by atoms with Gasteiger partial charge in [0, 0.05) is 25.5 Å². The first-order valence-electron chi connectivity index (χ1n) is 7.25. The van der Waals surface area contributed by atoms with Crippen molar-refractivity contribution in [3.8, 4) is 0 Å². The average molecular weight is 475 g/mol. The second-order valence-electron chi connectivity index (χ2n) is 4.75. The molecule has 134 valence electrons. The van der Waals surface area contributed by atoms with E-state index in [1.807, 2.05) is 31.2 Å². The van der Waals surface area contributed by atoms with Gasteiger partial charge in [0.15, 0.2) is 5.96 Å². The molecule has 1 aromatic rings. The molecule has 7 nitrogen and oxygen atoms in total. The van der Waals surface area contributed by atoms with Gasteiger partial charge in [0.25, 0.3) is 0 Å². The molecule has 2 N–H and O–H groups in total. The third-order valence-corrected chi connectivity index (χ3v) is 5.06. The molecule has 1 rings (SSSR count). The number of aryl methyl sites for hydroxylation is 1. The monoisotopic (exact) mass is 475 g/mol. The zero-order valence-electron chi connectivity index (χ0n) is 14.0. The molecule has 1 aromatic heterocycles. The van der Waals surface area contributed by atoms with Crippen LogP contribution in [0, 0.1) is 6.92 Å². The number of thiazole rings is 1. The summed E-state index contributed by atoms with van der Waals surface area (Å²) in [7, 11) is -1.22. The normalized spacial score (nSPS) is 11.9. The number of aliphatic imine (C=N–C) groups is 1. The Balaban J connectivity index is 0.00000484. The van der Waals surface area contributed by atoms with E-state index < -0.39 is 10.0 Å². The number of aromatic nitrogens is 1. The van der Waals surface area contributed by atoms with Gasteiger partial charge >= 0.3 is 0 Å². The highest BCUT2D eigenvalue weighted by molar-refractivity contribution is 14.0. The quantitative estimate of drug-likeness (QED) is 0.257. The van der Waals surface area contributed by atoms with E-state index in [1.54, 1.807) is 18.3 Å². The zero-order valence-corrected chi connectivity index (χ0v) is 18.0. The zero-order chi connectivity index (χ0) is 16.6. The van der Waals surface area contributed by atoms with Crippen LogP contribution in [-0.2, 0) is 16.6 Å². The molecule has 0 amide bonds. The van der Waals surface area contributed by atoms with Gasteiger partial charge in [-0.2, -0.15) is 0 Å². The van der Waals surface area contributed by atoms with Crippen molar-refractivity contribution in [3.63, 3.8) is 0 Å². The summed E-state index contributed by atoms with van der Waals surface area (Å²) in [6.07, 6.45) is 0. The van der Waals surface area contributed by atoms with Crippen molar-refractivity contribution >= 4 is 51.3 Å². The molecule has 0 spiro atoms. The molecule has 1 heterocycles. The molecule has 0 fully saturated rings. The first-order chi connectivity index (χ1) is 10.4. The van der Waals surface area contributed by atoms with Crippen molar-refractivity contribution in [2.75, 3.05) is 32.4 Å². The fourth-order valence-corrected chi connectivity index (χ4v) is 2.94. The maximum Gasteiger partial charge on any atom is 0.211 e. The van der Waals surface area contributed by atoms with Crippen LogP contribution in [0.4, 0.5) is 0 Å². The molecule has 0 unspecified atom stereocenters. The fraction of sp³-hybridized carbons (Fsp3) is 0.692. The maximum absolute atomic E-state index is 11.4. The number of nitrogens with one attached hydrogen (secondary N) is 2. The van der Waals surface area contributed by atoms with Gasteiger partial charge in [-0.15, -0.1) is 35.3 Å². The molecular weight excluding hydrogens is 449 g/mol. The van der Waals surface area contributed by atoms with Gasteiger partial charge in [-0.25, -0.2) is 18.1 Å².